The van der Waals surface area contributed by atoms with Gasteiger partial charge in [0.15, 0.2) is 0 Å². The Morgan fingerprint density at radius 2 is 0.929 bits per heavy atom. The molecule has 0 aliphatic heterocycles. The van der Waals surface area contributed by atoms with E-state index < -0.39 is 37.4 Å². The zero-order valence-corrected chi connectivity index (χ0v) is 6.73. The van der Waals surface area contributed by atoms with Gasteiger partial charge in [-0.1, -0.05) is 0 Å². The van der Waals surface area contributed by atoms with Crippen molar-refractivity contribution < 1.29 is 36.6 Å². The molecular weight excluding hydrogens is 218 g/mol. The van der Waals surface area contributed by atoms with Gasteiger partial charge in [0.2, 0.25) is 0 Å². The van der Waals surface area contributed by atoms with Crippen molar-refractivity contribution in [1.29, 1.82) is 0 Å². The number of aliphatic hydroxyl groups is 2. The molecule has 0 saturated heterocycles. The maximum Gasteiger partial charge on any atom is 0.391 e. The summed E-state index contributed by atoms with van der Waals surface area (Å²) >= 11 is 0. The number of rotatable bonds is 3. The van der Waals surface area contributed by atoms with E-state index in [0.29, 0.717) is 0 Å². The highest BCUT2D eigenvalue weighted by molar-refractivity contribution is 4.73. The first-order chi connectivity index (χ1) is 6.01. The predicted octanol–water partition coefficient (Wildman–Crippen LogP) is 1.61. The summed E-state index contributed by atoms with van der Waals surface area (Å²) in [6, 6.07) is 0. The highest BCUT2D eigenvalue weighted by Crippen LogP contribution is 2.27. The molecule has 2 N–H and O–H groups in total. The summed E-state index contributed by atoms with van der Waals surface area (Å²) in [5.74, 6) is 0. The Morgan fingerprint density at radius 1 is 0.714 bits per heavy atom. The van der Waals surface area contributed by atoms with Gasteiger partial charge in [-0.3, -0.25) is 0 Å². The lowest BCUT2D eigenvalue weighted by molar-refractivity contribution is -0.191. The Kier molecular flexibility index (Phi) is 4.19. The van der Waals surface area contributed by atoms with Crippen LogP contribution in [0, 0.1) is 0 Å². The summed E-state index contributed by atoms with van der Waals surface area (Å²) in [5, 5.41) is 17.1. The molecule has 0 aliphatic rings. The molecular formula is C6H8F6O2. The first kappa shape index (κ1) is 13.5. The zero-order chi connectivity index (χ0) is 11.6. The minimum atomic E-state index is -4.80. The van der Waals surface area contributed by atoms with E-state index in [1.807, 2.05) is 0 Å². The largest absolute Gasteiger partial charge is 0.391 e. The third kappa shape index (κ3) is 6.96. The van der Waals surface area contributed by atoms with Gasteiger partial charge in [-0.25, -0.2) is 0 Å². The lowest BCUT2D eigenvalue weighted by Gasteiger charge is -2.20. The van der Waals surface area contributed by atoms with Crippen molar-refractivity contribution in [3.8, 4) is 0 Å². The average Bonchev–Trinajstić information content (AvgIpc) is 1.78. The zero-order valence-electron chi connectivity index (χ0n) is 6.73. The fraction of sp³-hybridized carbons (Fsp3) is 1.00. The molecule has 0 rings (SSSR count). The molecule has 0 fully saturated rings. The van der Waals surface area contributed by atoms with Crippen molar-refractivity contribution in [2.75, 3.05) is 0 Å². The van der Waals surface area contributed by atoms with E-state index in [-0.39, 0.29) is 0 Å². The molecule has 14 heavy (non-hydrogen) atoms. The second kappa shape index (κ2) is 4.35. The van der Waals surface area contributed by atoms with Crippen LogP contribution in [0.1, 0.15) is 12.8 Å². The van der Waals surface area contributed by atoms with Crippen LogP contribution in [0.15, 0.2) is 0 Å². The van der Waals surface area contributed by atoms with Gasteiger partial charge in [-0.05, 0) is 0 Å². The lowest BCUT2D eigenvalue weighted by Crippen LogP contribution is -2.34. The molecule has 0 saturated carbocycles. The van der Waals surface area contributed by atoms with E-state index in [9.17, 15) is 26.3 Å². The van der Waals surface area contributed by atoms with Crippen LogP contribution in [0.5, 0.6) is 0 Å². The van der Waals surface area contributed by atoms with Crippen molar-refractivity contribution in [1.82, 2.24) is 0 Å². The second-order valence-corrected chi connectivity index (χ2v) is 2.77. The molecule has 2 atom stereocenters. The van der Waals surface area contributed by atoms with Gasteiger partial charge in [0.25, 0.3) is 0 Å². The van der Waals surface area contributed by atoms with E-state index in [1.165, 1.54) is 0 Å². The number of aliphatic hydroxyl groups excluding tert-OH is 2. The quantitative estimate of drug-likeness (QED) is 0.718. The van der Waals surface area contributed by atoms with Crippen LogP contribution in [-0.2, 0) is 0 Å². The van der Waals surface area contributed by atoms with Gasteiger partial charge >= 0.3 is 12.4 Å². The molecule has 0 heterocycles. The van der Waals surface area contributed by atoms with Crippen molar-refractivity contribution in [3.63, 3.8) is 0 Å². The minimum absolute atomic E-state index is 1.86. The monoisotopic (exact) mass is 226 g/mol. The SMILES string of the molecule is OC(CC(F)(F)F)C(O)CC(F)(F)F. The molecule has 2 nitrogen and oxygen atoms in total. The minimum Gasteiger partial charge on any atom is -0.390 e. The van der Waals surface area contributed by atoms with Crippen LogP contribution < -0.4 is 0 Å². The first-order valence-corrected chi connectivity index (χ1v) is 3.51. The Hall–Kier alpha value is -0.500. The molecule has 0 amide bonds. The highest BCUT2D eigenvalue weighted by atomic mass is 19.4. The van der Waals surface area contributed by atoms with E-state index in [1.54, 1.807) is 0 Å². The fourth-order valence-corrected chi connectivity index (χ4v) is 0.746. The fourth-order valence-electron chi connectivity index (χ4n) is 0.746. The van der Waals surface area contributed by atoms with Gasteiger partial charge < -0.3 is 10.2 Å². The van der Waals surface area contributed by atoms with Gasteiger partial charge in [0, 0.05) is 0 Å². The number of halogens is 6. The Morgan fingerprint density at radius 3 is 1.07 bits per heavy atom. The molecule has 0 aromatic rings. The molecule has 0 radical (unpaired) electrons. The molecule has 0 aromatic carbocycles. The maximum absolute atomic E-state index is 11.5. The van der Waals surface area contributed by atoms with E-state index in [2.05, 4.69) is 0 Å². The molecule has 0 spiro atoms. The number of alkyl halides is 6. The van der Waals surface area contributed by atoms with Crippen LogP contribution >= 0.6 is 0 Å². The van der Waals surface area contributed by atoms with Gasteiger partial charge in [-0.15, -0.1) is 0 Å². The molecule has 0 aromatic heterocycles. The Bertz CT molecular complexity index is 154. The Balaban J connectivity index is 4.07. The molecule has 0 aliphatic carbocycles. The van der Waals surface area contributed by atoms with Gasteiger partial charge in [-0.2, -0.15) is 26.3 Å². The summed E-state index contributed by atoms with van der Waals surface area (Å²) < 4.78 is 69.3. The molecule has 8 heteroatoms. The standard InChI is InChI=1S/C6H8F6O2/c7-5(8,9)1-3(13)4(14)2-6(10,11)12/h3-4,13-14H,1-2H2. The first-order valence-electron chi connectivity index (χ1n) is 3.51. The van der Waals surface area contributed by atoms with E-state index >= 15 is 0 Å². The average molecular weight is 226 g/mol. The highest BCUT2D eigenvalue weighted by Gasteiger charge is 2.39. The van der Waals surface area contributed by atoms with Gasteiger partial charge in [0.05, 0.1) is 25.0 Å². The predicted molar refractivity (Wildman–Crippen MR) is 33.4 cm³/mol. The van der Waals surface area contributed by atoms with Gasteiger partial charge in [0.1, 0.15) is 0 Å². The Labute approximate surface area is 75.1 Å². The third-order valence-corrected chi connectivity index (χ3v) is 1.33. The van der Waals surface area contributed by atoms with Crippen LogP contribution in [0.3, 0.4) is 0 Å². The van der Waals surface area contributed by atoms with Crippen molar-refractivity contribution in [3.05, 3.63) is 0 Å². The topological polar surface area (TPSA) is 40.5 Å². The summed E-state index contributed by atoms with van der Waals surface area (Å²) in [4.78, 5) is 0. The second-order valence-electron chi connectivity index (χ2n) is 2.77. The van der Waals surface area contributed by atoms with Crippen LogP contribution in [-0.4, -0.2) is 34.8 Å². The molecule has 2 unspecified atom stereocenters. The summed E-state index contributed by atoms with van der Waals surface area (Å²) in [6.07, 6.45) is -18.2. The summed E-state index contributed by atoms with van der Waals surface area (Å²) in [6.45, 7) is 0. The molecule has 86 valence electrons. The van der Waals surface area contributed by atoms with Crippen LogP contribution in [0.25, 0.3) is 0 Å². The van der Waals surface area contributed by atoms with Crippen molar-refractivity contribution in [2.45, 2.75) is 37.4 Å². The third-order valence-electron chi connectivity index (χ3n) is 1.33. The lowest BCUT2D eigenvalue weighted by atomic mass is 10.1. The molecule has 0 bridgehead atoms. The smallest absolute Gasteiger partial charge is 0.390 e. The van der Waals surface area contributed by atoms with Crippen LogP contribution in [0.2, 0.25) is 0 Å². The van der Waals surface area contributed by atoms with E-state index in [4.69, 9.17) is 10.2 Å². The van der Waals surface area contributed by atoms with Crippen molar-refractivity contribution >= 4 is 0 Å². The van der Waals surface area contributed by atoms with E-state index in [0.717, 1.165) is 0 Å². The summed E-state index contributed by atoms with van der Waals surface area (Å²) in [7, 11) is 0. The number of hydrogen-bond acceptors (Lipinski definition) is 2. The number of hydrogen-bond donors (Lipinski definition) is 2. The van der Waals surface area contributed by atoms with Crippen molar-refractivity contribution in [2.24, 2.45) is 0 Å². The maximum atomic E-state index is 11.5. The summed E-state index contributed by atoms with van der Waals surface area (Å²) in [5.41, 5.74) is 0. The van der Waals surface area contributed by atoms with Crippen LogP contribution in [0.4, 0.5) is 26.3 Å². The normalized spacial score (nSPS) is 18.0.